The SMILES string of the molecule is C[Si]1(C)NC(=O)C2CC[C@@H](NOCc3ccccc3)CN21. The summed E-state index contributed by atoms with van der Waals surface area (Å²) in [6, 6.07) is 10.5. The summed E-state index contributed by atoms with van der Waals surface area (Å²) in [5, 5.41) is 0. The second-order valence-corrected chi connectivity index (χ2v) is 10.3. The van der Waals surface area contributed by atoms with Crippen LogP contribution >= 0.6 is 0 Å². The molecule has 2 aliphatic rings. The Morgan fingerprint density at radius 1 is 1.33 bits per heavy atom. The summed E-state index contributed by atoms with van der Waals surface area (Å²) in [7, 11) is -1.77. The van der Waals surface area contributed by atoms with Crippen LogP contribution in [0.4, 0.5) is 0 Å². The van der Waals surface area contributed by atoms with E-state index in [4.69, 9.17) is 4.84 Å². The molecule has 2 heterocycles. The normalized spacial score (nSPS) is 28.2. The minimum absolute atomic E-state index is 0.0823. The number of rotatable bonds is 4. The van der Waals surface area contributed by atoms with Gasteiger partial charge in [-0.25, -0.2) is 0 Å². The van der Waals surface area contributed by atoms with Gasteiger partial charge in [0, 0.05) is 12.6 Å². The fraction of sp³-hybridized carbons (Fsp3) is 0.533. The largest absolute Gasteiger partial charge is 0.368 e. The molecular formula is C15H23N3O2Si. The van der Waals surface area contributed by atoms with E-state index in [1.54, 1.807) is 0 Å². The summed E-state index contributed by atoms with van der Waals surface area (Å²) in [4.78, 5) is 20.8. The van der Waals surface area contributed by atoms with E-state index in [0.717, 1.165) is 24.9 Å². The van der Waals surface area contributed by atoms with Crippen LogP contribution in [0.1, 0.15) is 18.4 Å². The number of amides is 1. The minimum Gasteiger partial charge on any atom is -0.368 e. The van der Waals surface area contributed by atoms with Crippen molar-refractivity contribution in [1.29, 1.82) is 0 Å². The Morgan fingerprint density at radius 2 is 2.10 bits per heavy atom. The van der Waals surface area contributed by atoms with Crippen molar-refractivity contribution in [2.45, 2.75) is 44.6 Å². The molecule has 21 heavy (non-hydrogen) atoms. The van der Waals surface area contributed by atoms with E-state index in [1.165, 1.54) is 0 Å². The zero-order valence-corrected chi connectivity index (χ0v) is 13.6. The van der Waals surface area contributed by atoms with Crippen LogP contribution in [0.3, 0.4) is 0 Å². The molecule has 6 heteroatoms. The number of carbonyl (C=O) groups excluding carboxylic acids is 1. The number of benzene rings is 1. The summed E-state index contributed by atoms with van der Waals surface area (Å²) >= 11 is 0. The highest BCUT2D eigenvalue weighted by Gasteiger charge is 2.49. The zero-order valence-electron chi connectivity index (χ0n) is 12.6. The second-order valence-electron chi connectivity index (χ2n) is 6.38. The number of piperidine rings is 1. The molecule has 2 saturated heterocycles. The van der Waals surface area contributed by atoms with Gasteiger partial charge in [-0.3, -0.25) is 14.2 Å². The molecule has 5 nitrogen and oxygen atoms in total. The van der Waals surface area contributed by atoms with Gasteiger partial charge in [0.2, 0.25) is 14.3 Å². The van der Waals surface area contributed by atoms with E-state index < -0.39 is 8.40 Å². The third-order valence-electron chi connectivity index (χ3n) is 4.36. The topological polar surface area (TPSA) is 53.6 Å². The first-order valence-corrected chi connectivity index (χ1v) is 10.5. The molecule has 2 fully saturated rings. The van der Waals surface area contributed by atoms with Crippen LogP contribution in [0.25, 0.3) is 0 Å². The third-order valence-corrected chi connectivity index (χ3v) is 7.15. The van der Waals surface area contributed by atoms with Crippen LogP contribution < -0.4 is 10.5 Å². The molecule has 2 aliphatic heterocycles. The van der Waals surface area contributed by atoms with Crippen molar-refractivity contribution >= 4 is 14.3 Å². The molecule has 0 radical (unpaired) electrons. The number of nitrogens with zero attached hydrogens (tertiary/aromatic N) is 1. The summed E-state index contributed by atoms with van der Waals surface area (Å²) < 4.78 is 2.38. The fourth-order valence-electron chi connectivity index (χ4n) is 3.23. The number of fused-ring (bicyclic) bond motifs is 1. The molecule has 1 unspecified atom stereocenters. The number of nitrogens with one attached hydrogen (secondary N) is 2. The smallest absolute Gasteiger partial charge is 0.229 e. The van der Waals surface area contributed by atoms with Crippen LogP contribution in [-0.4, -0.2) is 37.5 Å². The van der Waals surface area contributed by atoms with Gasteiger partial charge in [0.25, 0.3) is 0 Å². The van der Waals surface area contributed by atoms with Crippen LogP contribution in [-0.2, 0) is 16.2 Å². The molecule has 0 bridgehead atoms. The Hall–Kier alpha value is -1.21. The van der Waals surface area contributed by atoms with Crippen molar-refractivity contribution in [3.63, 3.8) is 0 Å². The van der Waals surface area contributed by atoms with Gasteiger partial charge in [-0.2, -0.15) is 5.48 Å². The van der Waals surface area contributed by atoms with Crippen LogP contribution in [0.5, 0.6) is 0 Å². The molecule has 0 spiro atoms. The maximum atomic E-state index is 12.0. The predicted octanol–water partition coefficient (Wildman–Crippen LogP) is 1.37. The van der Waals surface area contributed by atoms with E-state index >= 15 is 0 Å². The predicted molar refractivity (Wildman–Crippen MR) is 83.5 cm³/mol. The number of hydrogen-bond acceptors (Lipinski definition) is 4. The maximum Gasteiger partial charge on any atom is 0.229 e. The average Bonchev–Trinajstić information content (AvgIpc) is 2.70. The highest BCUT2D eigenvalue weighted by molar-refractivity contribution is 6.76. The van der Waals surface area contributed by atoms with Crippen LogP contribution in [0, 0.1) is 0 Å². The first kappa shape index (κ1) is 14.7. The lowest BCUT2D eigenvalue weighted by Gasteiger charge is -2.38. The van der Waals surface area contributed by atoms with Crippen molar-refractivity contribution in [3.05, 3.63) is 35.9 Å². The zero-order chi connectivity index (χ0) is 14.9. The average molecular weight is 305 g/mol. The molecule has 1 amide bonds. The minimum atomic E-state index is -1.77. The summed E-state index contributed by atoms with van der Waals surface area (Å²) in [5.74, 6) is 0.218. The van der Waals surface area contributed by atoms with Crippen molar-refractivity contribution in [3.8, 4) is 0 Å². The Bertz CT molecular complexity index is 509. The molecule has 114 valence electrons. The lowest BCUT2D eigenvalue weighted by atomic mass is 10.0. The molecule has 0 saturated carbocycles. The van der Waals surface area contributed by atoms with Gasteiger partial charge in [0.15, 0.2) is 0 Å². The molecular weight excluding hydrogens is 282 g/mol. The van der Waals surface area contributed by atoms with E-state index in [-0.39, 0.29) is 11.9 Å². The summed E-state index contributed by atoms with van der Waals surface area (Å²) in [6.45, 7) is 5.84. The standard InChI is InChI=1S/C15H23N3O2Si/c1-21(2)17-15(19)14-9-8-13(10-18(14)21)16-20-11-12-6-4-3-5-7-12/h3-7,13-14,16H,8-11H2,1-2H3,(H,17,19)/t13-,14?/m1/s1. The Balaban J connectivity index is 1.51. The lowest BCUT2D eigenvalue weighted by Crippen LogP contribution is -2.59. The highest BCUT2D eigenvalue weighted by Crippen LogP contribution is 2.27. The van der Waals surface area contributed by atoms with Crippen molar-refractivity contribution in [2.75, 3.05) is 6.54 Å². The number of carbonyl (C=O) groups is 1. The highest BCUT2D eigenvalue weighted by atomic mass is 28.3. The monoisotopic (exact) mass is 305 g/mol. The van der Waals surface area contributed by atoms with Crippen molar-refractivity contribution in [1.82, 2.24) is 15.0 Å². The maximum absolute atomic E-state index is 12.0. The Labute approximate surface area is 126 Å². The van der Waals surface area contributed by atoms with Gasteiger partial charge in [-0.15, -0.1) is 0 Å². The molecule has 2 atom stereocenters. The molecule has 0 aliphatic carbocycles. The Kier molecular flexibility index (Phi) is 4.12. The second kappa shape index (κ2) is 5.88. The van der Waals surface area contributed by atoms with Crippen LogP contribution in [0.15, 0.2) is 30.3 Å². The van der Waals surface area contributed by atoms with Gasteiger partial charge in [-0.05, 0) is 31.5 Å². The lowest BCUT2D eigenvalue weighted by molar-refractivity contribution is -0.122. The summed E-state index contributed by atoms with van der Waals surface area (Å²) in [6.07, 6.45) is 1.89. The van der Waals surface area contributed by atoms with Gasteiger partial charge < -0.3 is 4.98 Å². The van der Waals surface area contributed by atoms with E-state index in [1.807, 2.05) is 18.2 Å². The summed E-state index contributed by atoms with van der Waals surface area (Å²) in [5.41, 5.74) is 4.34. The van der Waals surface area contributed by atoms with Gasteiger partial charge in [0.1, 0.15) is 0 Å². The first-order chi connectivity index (χ1) is 10.1. The van der Waals surface area contributed by atoms with Gasteiger partial charge in [-0.1, -0.05) is 30.3 Å². The number of hydroxylamine groups is 1. The van der Waals surface area contributed by atoms with Crippen molar-refractivity contribution in [2.24, 2.45) is 0 Å². The van der Waals surface area contributed by atoms with Gasteiger partial charge >= 0.3 is 0 Å². The third kappa shape index (κ3) is 3.18. The van der Waals surface area contributed by atoms with Crippen LogP contribution in [0.2, 0.25) is 13.1 Å². The van der Waals surface area contributed by atoms with Gasteiger partial charge in [0.05, 0.1) is 12.6 Å². The Morgan fingerprint density at radius 3 is 2.86 bits per heavy atom. The fourth-order valence-corrected chi connectivity index (χ4v) is 5.85. The van der Waals surface area contributed by atoms with Crippen molar-refractivity contribution < 1.29 is 9.63 Å². The quantitative estimate of drug-likeness (QED) is 0.652. The molecule has 1 aromatic carbocycles. The van der Waals surface area contributed by atoms with E-state index in [9.17, 15) is 4.79 Å². The molecule has 0 aromatic heterocycles. The van der Waals surface area contributed by atoms with E-state index in [0.29, 0.717) is 12.6 Å². The molecule has 1 aromatic rings. The number of hydrogen-bond donors (Lipinski definition) is 2. The first-order valence-electron chi connectivity index (χ1n) is 7.56. The molecule has 3 rings (SSSR count). The van der Waals surface area contributed by atoms with E-state index in [2.05, 4.69) is 40.3 Å². The molecule has 2 N–H and O–H groups in total.